The van der Waals surface area contributed by atoms with E-state index in [0.29, 0.717) is 16.7 Å². The molecule has 26 heavy (non-hydrogen) atoms. The lowest BCUT2D eigenvalue weighted by molar-refractivity contribution is -0.123. The Kier molecular flexibility index (Phi) is 4.72. The summed E-state index contributed by atoms with van der Waals surface area (Å²) in [5, 5.41) is 6.39. The van der Waals surface area contributed by atoms with E-state index in [1.54, 1.807) is 0 Å². The summed E-state index contributed by atoms with van der Waals surface area (Å²) in [6.45, 7) is 0. The van der Waals surface area contributed by atoms with Crippen molar-refractivity contribution in [3.05, 3.63) is 46.2 Å². The van der Waals surface area contributed by atoms with E-state index in [4.69, 9.17) is 0 Å². The van der Waals surface area contributed by atoms with Gasteiger partial charge in [0.15, 0.2) is 5.13 Å². The summed E-state index contributed by atoms with van der Waals surface area (Å²) >= 11 is 1.41. The number of nitrogens with one attached hydrogen (secondary N) is 2. The fourth-order valence-corrected chi connectivity index (χ4v) is 4.71. The molecule has 1 atom stereocenters. The maximum atomic E-state index is 13.0. The maximum Gasteiger partial charge on any atom is 0.257 e. The Morgan fingerprint density at radius 1 is 1.12 bits per heavy atom. The molecule has 1 saturated carbocycles. The molecule has 0 aliphatic heterocycles. The molecular weight excluding hydrogens is 353 g/mol. The van der Waals surface area contributed by atoms with Gasteiger partial charge < -0.3 is 5.32 Å². The molecule has 2 aliphatic carbocycles. The molecule has 0 radical (unpaired) electrons. The molecule has 2 aliphatic rings. The van der Waals surface area contributed by atoms with E-state index < -0.39 is 0 Å². The third-order valence-electron chi connectivity index (χ3n) is 5.06. The number of amides is 2. The first-order chi connectivity index (χ1) is 12.6. The van der Waals surface area contributed by atoms with Crippen LogP contribution in [-0.2, 0) is 11.2 Å². The molecule has 2 amide bonds. The normalized spacial score (nSPS) is 19.3. The van der Waals surface area contributed by atoms with Crippen LogP contribution in [0.3, 0.4) is 0 Å². The average Bonchev–Trinajstić information content (AvgIpc) is 3.32. The van der Waals surface area contributed by atoms with Gasteiger partial charge in [-0.2, -0.15) is 0 Å². The van der Waals surface area contributed by atoms with Crippen LogP contribution in [0.4, 0.5) is 9.52 Å². The number of carbonyl (C=O) groups is 2. The zero-order valence-electron chi connectivity index (χ0n) is 14.3. The van der Waals surface area contributed by atoms with Gasteiger partial charge in [-0.25, -0.2) is 9.37 Å². The number of anilines is 1. The van der Waals surface area contributed by atoms with Crippen LogP contribution >= 0.6 is 11.3 Å². The second kappa shape index (κ2) is 7.15. The third kappa shape index (κ3) is 3.49. The highest BCUT2D eigenvalue weighted by Crippen LogP contribution is 2.38. The molecule has 7 heteroatoms. The Hall–Kier alpha value is -2.28. The van der Waals surface area contributed by atoms with E-state index in [1.807, 2.05) is 0 Å². The van der Waals surface area contributed by atoms with E-state index in [0.717, 1.165) is 36.3 Å². The highest BCUT2D eigenvalue weighted by atomic mass is 32.1. The average molecular weight is 373 g/mol. The lowest BCUT2D eigenvalue weighted by atomic mass is 10.1. The molecule has 136 valence electrons. The zero-order valence-corrected chi connectivity index (χ0v) is 15.1. The molecule has 0 saturated heterocycles. The number of aryl methyl sites for hydroxylation is 1. The van der Waals surface area contributed by atoms with Crippen LogP contribution in [0.1, 0.15) is 59.0 Å². The molecule has 1 aromatic carbocycles. The van der Waals surface area contributed by atoms with Crippen molar-refractivity contribution in [2.45, 2.75) is 50.5 Å². The van der Waals surface area contributed by atoms with Crippen LogP contribution in [0.5, 0.6) is 0 Å². The Bertz CT molecular complexity index is 828. The van der Waals surface area contributed by atoms with Crippen LogP contribution in [0, 0.1) is 5.82 Å². The molecule has 1 aromatic heterocycles. The summed E-state index contributed by atoms with van der Waals surface area (Å²) in [6.07, 6.45) is 6.05. The van der Waals surface area contributed by atoms with Crippen LogP contribution in [0.2, 0.25) is 0 Å². The summed E-state index contributed by atoms with van der Waals surface area (Å²) < 4.78 is 13.0. The Balaban J connectivity index is 1.44. The molecule has 1 unspecified atom stereocenters. The van der Waals surface area contributed by atoms with Crippen molar-refractivity contribution in [2.75, 3.05) is 5.32 Å². The zero-order chi connectivity index (χ0) is 18.1. The molecule has 1 heterocycles. The summed E-state index contributed by atoms with van der Waals surface area (Å²) in [6, 6.07) is 5.66. The van der Waals surface area contributed by atoms with Gasteiger partial charge in [0.25, 0.3) is 5.91 Å². The number of hydrogen-bond acceptors (Lipinski definition) is 4. The third-order valence-corrected chi connectivity index (χ3v) is 6.11. The highest BCUT2D eigenvalue weighted by Gasteiger charge is 2.34. The predicted octanol–water partition coefficient (Wildman–Crippen LogP) is 3.62. The van der Waals surface area contributed by atoms with E-state index in [-0.39, 0.29) is 23.5 Å². The molecule has 0 bridgehead atoms. The van der Waals surface area contributed by atoms with Gasteiger partial charge in [0, 0.05) is 16.5 Å². The molecular formula is C19H20FN3O2S. The van der Waals surface area contributed by atoms with E-state index in [1.165, 1.54) is 48.4 Å². The van der Waals surface area contributed by atoms with Crippen molar-refractivity contribution in [2.24, 2.45) is 0 Å². The number of fused-ring (bicyclic) bond motifs is 1. The number of benzene rings is 1. The van der Waals surface area contributed by atoms with Crippen molar-refractivity contribution in [1.82, 2.24) is 10.3 Å². The number of rotatable bonds is 4. The van der Waals surface area contributed by atoms with Gasteiger partial charge in [0.1, 0.15) is 5.82 Å². The molecule has 2 aromatic rings. The first-order valence-corrected chi connectivity index (χ1v) is 9.78. The molecule has 0 spiro atoms. The number of thiazole rings is 1. The Morgan fingerprint density at radius 2 is 1.85 bits per heavy atom. The van der Waals surface area contributed by atoms with Crippen LogP contribution in [-0.4, -0.2) is 22.8 Å². The lowest BCUT2D eigenvalue weighted by Gasteiger charge is -2.15. The second-order valence-corrected chi connectivity index (χ2v) is 7.95. The smallest absolute Gasteiger partial charge is 0.257 e. The van der Waals surface area contributed by atoms with Crippen LogP contribution in [0.15, 0.2) is 24.3 Å². The minimum absolute atomic E-state index is 0.0531. The number of nitrogens with zero attached hydrogens (tertiary/aromatic N) is 1. The van der Waals surface area contributed by atoms with Gasteiger partial charge in [-0.05, 0) is 49.9 Å². The number of halogens is 1. The lowest BCUT2D eigenvalue weighted by Crippen LogP contribution is -2.36. The fourth-order valence-electron chi connectivity index (χ4n) is 3.68. The van der Waals surface area contributed by atoms with Gasteiger partial charge in [-0.15, -0.1) is 11.3 Å². The summed E-state index contributed by atoms with van der Waals surface area (Å²) in [4.78, 5) is 30.4. The monoisotopic (exact) mass is 373 g/mol. The van der Waals surface area contributed by atoms with Crippen molar-refractivity contribution in [3.63, 3.8) is 0 Å². The quantitative estimate of drug-likeness (QED) is 0.860. The van der Waals surface area contributed by atoms with Crippen molar-refractivity contribution >= 4 is 28.3 Å². The first-order valence-electron chi connectivity index (χ1n) is 8.97. The first kappa shape index (κ1) is 17.1. The summed E-state index contributed by atoms with van der Waals surface area (Å²) in [5.41, 5.74) is 1.16. The van der Waals surface area contributed by atoms with Gasteiger partial charge in [-0.1, -0.05) is 12.8 Å². The standard InChI is InChI=1S/C19H20FN3O2S/c20-12-7-5-11(6-8-12)17(24)23-19-22-16-14(9-10-15(16)26-19)18(25)21-13-3-1-2-4-13/h5-8,13-14H,1-4,9-10H2,(H,21,25)(H,22,23,24). The second-order valence-electron chi connectivity index (χ2n) is 6.87. The van der Waals surface area contributed by atoms with E-state index in [2.05, 4.69) is 15.6 Å². The number of carbonyl (C=O) groups excluding carboxylic acids is 2. The number of hydrogen-bond donors (Lipinski definition) is 2. The van der Waals surface area contributed by atoms with Crippen molar-refractivity contribution in [3.8, 4) is 0 Å². The molecule has 1 fully saturated rings. The van der Waals surface area contributed by atoms with Gasteiger partial charge in [-0.3, -0.25) is 14.9 Å². The van der Waals surface area contributed by atoms with E-state index >= 15 is 0 Å². The molecule has 5 nitrogen and oxygen atoms in total. The minimum Gasteiger partial charge on any atom is -0.353 e. The molecule has 4 rings (SSSR count). The van der Waals surface area contributed by atoms with Gasteiger partial charge in [0.05, 0.1) is 11.6 Å². The minimum atomic E-state index is -0.383. The highest BCUT2D eigenvalue weighted by molar-refractivity contribution is 7.16. The Morgan fingerprint density at radius 3 is 2.58 bits per heavy atom. The molecule has 2 N–H and O–H groups in total. The fraction of sp³-hybridized carbons (Fsp3) is 0.421. The van der Waals surface area contributed by atoms with Crippen molar-refractivity contribution in [1.29, 1.82) is 0 Å². The topological polar surface area (TPSA) is 71.1 Å². The number of aromatic nitrogens is 1. The summed E-state index contributed by atoms with van der Waals surface area (Å²) in [7, 11) is 0. The van der Waals surface area contributed by atoms with Crippen LogP contribution in [0.25, 0.3) is 0 Å². The van der Waals surface area contributed by atoms with Gasteiger partial charge in [0.2, 0.25) is 5.91 Å². The predicted molar refractivity (Wildman–Crippen MR) is 97.9 cm³/mol. The summed E-state index contributed by atoms with van der Waals surface area (Å²) in [5.74, 6) is -0.883. The largest absolute Gasteiger partial charge is 0.353 e. The van der Waals surface area contributed by atoms with Crippen LogP contribution < -0.4 is 10.6 Å². The Labute approximate surface area is 155 Å². The van der Waals surface area contributed by atoms with Crippen molar-refractivity contribution < 1.29 is 14.0 Å². The SMILES string of the molecule is O=C(Nc1nc2c(s1)CCC2C(=O)NC1CCCC1)c1ccc(F)cc1. The van der Waals surface area contributed by atoms with Gasteiger partial charge >= 0.3 is 0 Å². The van der Waals surface area contributed by atoms with E-state index in [9.17, 15) is 14.0 Å². The maximum absolute atomic E-state index is 13.0.